The summed E-state index contributed by atoms with van der Waals surface area (Å²) in [4.78, 5) is 12.1. The van der Waals surface area contributed by atoms with Crippen molar-refractivity contribution in [2.75, 3.05) is 5.32 Å². The van der Waals surface area contributed by atoms with Crippen LogP contribution in [0.1, 0.15) is 35.6 Å². The highest BCUT2D eigenvalue weighted by Crippen LogP contribution is 2.26. The van der Waals surface area contributed by atoms with E-state index in [-0.39, 0.29) is 11.4 Å². The molecule has 6 nitrogen and oxygen atoms in total. The normalized spacial score (nSPS) is 14.0. The van der Waals surface area contributed by atoms with Crippen molar-refractivity contribution in [2.24, 2.45) is 0 Å². The molecule has 128 valence electrons. The number of halogens is 1. The van der Waals surface area contributed by atoms with Gasteiger partial charge in [-0.3, -0.25) is 4.79 Å². The summed E-state index contributed by atoms with van der Waals surface area (Å²) in [7, 11) is 0. The van der Waals surface area contributed by atoms with Crippen molar-refractivity contribution in [1.29, 1.82) is 0 Å². The molecule has 0 saturated heterocycles. The van der Waals surface area contributed by atoms with E-state index in [1.54, 1.807) is 18.2 Å². The van der Waals surface area contributed by atoms with Crippen LogP contribution < -0.4 is 5.32 Å². The molecule has 7 heteroatoms. The molecule has 1 amide bonds. The molecule has 1 N–H and O–H groups in total. The first kappa shape index (κ1) is 15.6. The van der Waals surface area contributed by atoms with Gasteiger partial charge in [0.2, 0.25) is 0 Å². The molecule has 4 rings (SSSR count). The van der Waals surface area contributed by atoms with E-state index < -0.39 is 11.7 Å². The van der Waals surface area contributed by atoms with E-state index in [1.165, 1.54) is 18.4 Å². The highest BCUT2D eigenvalue weighted by Gasteiger charge is 2.18. The Bertz CT molecular complexity index is 902. The van der Waals surface area contributed by atoms with Crippen molar-refractivity contribution in [3.05, 3.63) is 54.0 Å². The predicted molar refractivity (Wildman–Crippen MR) is 89.6 cm³/mol. The molecule has 0 saturated carbocycles. The van der Waals surface area contributed by atoms with Crippen molar-refractivity contribution in [1.82, 2.24) is 14.8 Å². The van der Waals surface area contributed by atoms with Crippen LogP contribution in [0.15, 0.2) is 41.0 Å². The highest BCUT2D eigenvalue weighted by molar-refractivity contribution is 6.02. The molecule has 1 aromatic carbocycles. The van der Waals surface area contributed by atoms with Crippen molar-refractivity contribution >= 4 is 11.6 Å². The van der Waals surface area contributed by atoms with Gasteiger partial charge in [0.1, 0.15) is 11.6 Å². The monoisotopic (exact) mass is 340 g/mol. The zero-order chi connectivity index (χ0) is 17.2. The largest absolute Gasteiger partial charge is 0.459 e. The third-order valence-corrected chi connectivity index (χ3v) is 4.33. The standard InChI is InChI=1S/C18H17FN4O2/c19-13-8-7-12(11-14(13)20-18(24)15-5-4-10-25-15)17-22-21-16-6-2-1-3-9-23(16)17/h4-5,7-8,10-11H,1-3,6,9H2,(H,20,24). The molecule has 25 heavy (non-hydrogen) atoms. The second-order valence-electron chi connectivity index (χ2n) is 6.03. The number of anilines is 1. The topological polar surface area (TPSA) is 73.0 Å². The number of hydrogen-bond acceptors (Lipinski definition) is 4. The lowest BCUT2D eigenvalue weighted by molar-refractivity contribution is 0.0996. The van der Waals surface area contributed by atoms with Gasteiger partial charge in [-0.15, -0.1) is 10.2 Å². The molecule has 2 aromatic heterocycles. The Balaban J connectivity index is 1.66. The number of rotatable bonds is 3. The van der Waals surface area contributed by atoms with Crippen LogP contribution in [0, 0.1) is 5.82 Å². The first-order valence-corrected chi connectivity index (χ1v) is 8.29. The molecule has 0 radical (unpaired) electrons. The number of nitrogens with one attached hydrogen (secondary N) is 1. The molecule has 1 aliphatic heterocycles. The number of amides is 1. The van der Waals surface area contributed by atoms with E-state index in [4.69, 9.17) is 4.42 Å². The number of fused-ring (bicyclic) bond motifs is 1. The molecular weight excluding hydrogens is 323 g/mol. The predicted octanol–water partition coefficient (Wildman–Crippen LogP) is 3.66. The van der Waals surface area contributed by atoms with Crippen molar-refractivity contribution in [2.45, 2.75) is 32.2 Å². The summed E-state index contributed by atoms with van der Waals surface area (Å²) in [6.45, 7) is 0.850. The smallest absolute Gasteiger partial charge is 0.291 e. The first-order valence-electron chi connectivity index (χ1n) is 8.29. The molecule has 3 aromatic rings. The van der Waals surface area contributed by atoms with Gasteiger partial charge < -0.3 is 14.3 Å². The van der Waals surface area contributed by atoms with Gasteiger partial charge in [-0.05, 0) is 43.2 Å². The van der Waals surface area contributed by atoms with Gasteiger partial charge in [0.15, 0.2) is 11.6 Å². The Kier molecular flexibility index (Phi) is 4.05. The zero-order valence-corrected chi connectivity index (χ0v) is 13.5. The van der Waals surface area contributed by atoms with E-state index in [1.807, 2.05) is 0 Å². The summed E-state index contributed by atoms with van der Waals surface area (Å²) >= 11 is 0. The zero-order valence-electron chi connectivity index (χ0n) is 13.5. The van der Waals surface area contributed by atoms with Gasteiger partial charge >= 0.3 is 0 Å². The van der Waals surface area contributed by atoms with Crippen LogP contribution in [0.5, 0.6) is 0 Å². The molecule has 0 fully saturated rings. The van der Waals surface area contributed by atoms with Crippen molar-refractivity contribution in [3.63, 3.8) is 0 Å². The number of nitrogens with zero attached hydrogens (tertiary/aromatic N) is 3. The molecule has 0 unspecified atom stereocenters. The maximum absolute atomic E-state index is 14.1. The van der Waals surface area contributed by atoms with E-state index >= 15 is 0 Å². The Morgan fingerprint density at radius 2 is 2.12 bits per heavy atom. The van der Waals surface area contributed by atoms with Crippen LogP contribution >= 0.6 is 0 Å². The summed E-state index contributed by atoms with van der Waals surface area (Å²) in [6.07, 6.45) is 5.63. The third kappa shape index (κ3) is 3.05. The SMILES string of the molecule is O=C(Nc1cc(-c2nnc3n2CCCCC3)ccc1F)c1ccco1. The van der Waals surface area contributed by atoms with Gasteiger partial charge in [0.25, 0.3) is 5.91 Å². The number of carbonyl (C=O) groups is 1. The van der Waals surface area contributed by atoms with Gasteiger partial charge in [-0.25, -0.2) is 4.39 Å². The molecule has 3 heterocycles. The highest BCUT2D eigenvalue weighted by atomic mass is 19.1. The summed E-state index contributed by atoms with van der Waals surface area (Å²) in [5, 5.41) is 11.1. The van der Waals surface area contributed by atoms with Crippen LogP contribution in [0.4, 0.5) is 10.1 Å². The molecule has 0 spiro atoms. The summed E-state index contributed by atoms with van der Waals surface area (Å²) in [5.41, 5.74) is 0.807. The fraction of sp³-hybridized carbons (Fsp3) is 0.278. The fourth-order valence-electron chi connectivity index (χ4n) is 3.05. The molecular formula is C18H17FN4O2. The number of benzene rings is 1. The molecule has 1 aliphatic rings. The van der Waals surface area contributed by atoms with Crippen LogP contribution in [0.3, 0.4) is 0 Å². The second kappa shape index (κ2) is 6.51. The van der Waals surface area contributed by atoms with Gasteiger partial charge in [-0.1, -0.05) is 6.42 Å². The number of furan rings is 1. The van der Waals surface area contributed by atoms with Crippen LogP contribution in [-0.4, -0.2) is 20.7 Å². The summed E-state index contributed by atoms with van der Waals surface area (Å²) < 4.78 is 21.2. The van der Waals surface area contributed by atoms with E-state index in [2.05, 4.69) is 20.1 Å². The fourth-order valence-corrected chi connectivity index (χ4v) is 3.05. The van der Waals surface area contributed by atoms with Gasteiger partial charge in [0.05, 0.1) is 12.0 Å². The van der Waals surface area contributed by atoms with Gasteiger partial charge in [-0.2, -0.15) is 0 Å². The Morgan fingerprint density at radius 1 is 1.20 bits per heavy atom. The van der Waals surface area contributed by atoms with E-state index in [9.17, 15) is 9.18 Å². The number of aryl methyl sites for hydroxylation is 1. The molecule has 0 bridgehead atoms. The second-order valence-corrected chi connectivity index (χ2v) is 6.03. The van der Waals surface area contributed by atoms with E-state index in [0.29, 0.717) is 5.82 Å². The molecule has 0 aliphatic carbocycles. The number of aromatic nitrogens is 3. The maximum Gasteiger partial charge on any atom is 0.291 e. The van der Waals surface area contributed by atoms with E-state index in [0.717, 1.165) is 43.6 Å². The maximum atomic E-state index is 14.1. The van der Waals surface area contributed by atoms with Crippen LogP contribution in [-0.2, 0) is 13.0 Å². The number of carbonyl (C=O) groups excluding carboxylic acids is 1. The van der Waals surface area contributed by atoms with Gasteiger partial charge in [0, 0.05) is 18.5 Å². The quantitative estimate of drug-likeness (QED) is 0.790. The lowest BCUT2D eigenvalue weighted by atomic mass is 10.1. The minimum Gasteiger partial charge on any atom is -0.459 e. The summed E-state index contributed by atoms with van der Waals surface area (Å²) in [6, 6.07) is 7.69. The Labute approximate surface area is 143 Å². The minimum absolute atomic E-state index is 0.0878. The molecule has 0 atom stereocenters. The lowest BCUT2D eigenvalue weighted by Crippen LogP contribution is -2.12. The summed E-state index contributed by atoms with van der Waals surface area (Å²) in [5.74, 6) is 0.768. The average molecular weight is 340 g/mol. The van der Waals surface area contributed by atoms with Crippen LogP contribution in [0.25, 0.3) is 11.4 Å². The van der Waals surface area contributed by atoms with Crippen molar-refractivity contribution < 1.29 is 13.6 Å². The third-order valence-electron chi connectivity index (χ3n) is 4.33. The Hall–Kier alpha value is -2.96. The number of hydrogen-bond donors (Lipinski definition) is 1. The van der Waals surface area contributed by atoms with Crippen molar-refractivity contribution in [3.8, 4) is 11.4 Å². The average Bonchev–Trinajstić information content (AvgIpc) is 3.23. The van der Waals surface area contributed by atoms with Crippen LogP contribution in [0.2, 0.25) is 0 Å². The minimum atomic E-state index is -0.515. The first-order chi connectivity index (χ1) is 12.2. The Morgan fingerprint density at radius 3 is 2.96 bits per heavy atom. The lowest BCUT2D eigenvalue weighted by Gasteiger charge is -2.10.